The Balaban J connectivity index is 1.29. The Morgan fingerprint density at radius 3 is 2.32 bits per heavy atom. The van der Waals surface area contributed by atoms with Crippen molar-refractivity contribution < 1.29 is 19.1 Å². The molecule has 4 rings (SSSR count). The Kier molecular flexibility index (Phi) is 8.73. The highest BCUT2D eigenvalue weighted by molar-refractivity contribution is 5.89. The average molecular weight is 524 g/mol. The number of primary amides is 1. The van der Waals surface area contributed by atoms with Gasteiger partial charge in [-0.1, -0.05) is 24.3 Å². The molecule has 3 N–H and O–H groups in total. The van der Waals surface area contributed by atoms with Gasteiger partial charge in [-0.25, -0.2) is 19.0 Å². The molecule has 0 radical (unpaired) electrons. The fourth-order valence-electron chi connectivity index (χ4n) is 5.14. The number of fused-ring (bicyclic) bond motifs is 1. The van der Waals surface area contributed by atoms with E-state index in [1.807, 2.05) is 56.3 Å². The first-order valence-electron chi connectivity index (χ1n) is 13.1. The molecule has 10 heteroatoms. The molecule has 0 bridgehead atoms. The highest BCUT2D eigenvalue weighted by Crippen LogP contribution is 2.25. The maximum atomic E-state index is 13.0. The Labute approximate surface area is 222 Å². The van der Waals surface area contributed by atoms with E-state index in [0.29, 0.717) is 24.4 Å². The largest absolute Gasteiger partial charge is 0.497 e. The number of ether oxygens (including phenoxy) is 2. The summed E-state index contributed by atoms with van der Waals surface area (Å²) in [5.41, 5.74) is 7.23. The third-order valence-electron chi connectivity index (χ3n) is 7.20. The van der Waals surface area contributed by atoms with Crippen molar-refractivity contribution in [1.29, 1.82) is 0 Å². The molecular weight excluding hydrogens is 486 g/mol. The molecule has 1 fully saturated rings. The van der Waals surface area contributed by atoms with Crippen LogP contribution in [0.15, 0.2) is 53.3 Å². The molecular formula is C28H37N5O5. The second-order valence-corrected chi connectivity index (χ2v) is 10.0. The summed E-state index contributed by atoms with van der Waals surface area (Å²) in [7, 11) is 1.60. The molecule has 10 nitrogen and oxygen atoms in total. The lowest BCUT2D eigenvalue weighted by Crippen LogP contribution is -2.42. The number of hydrogen-bond donors (Lipinski definition) is 2. The third-order valence-corrected chi connectivity index (χ3v) is 7.20. The molecule has 38 heavy (non-hydrogen) atoms. The van der Waals surface area contributed by atoms with Crippen molar-refractivity contribution in [3.63, 3.8) is 0 Å². The standard InChI is InChI=1S/C28H37N5O5/c1-19(2)32-23-6-4-5-7-24(23)33(28(32)36)27(35)30-18-20-12-15-31(16-13-20)17-14-25(38-26(29)34)21-8-10-22(37-3)11-9-21/h4-11,19-20,25H,12-18H2,1-3H3,(H2,29,34)(H,30,35). The molecule has 1 saturated heterocycles. The van der Waals surface area contributed by atoms with E-state index < -0.39 is 12.2 Å². The zero-order chi connectivity index (χ0) is 27.2. The number of carbonyl (C=O) groups excluding carboxylic acids is 2. The summed E-state index contributed by atoms with van der Waals surface area (Å²) in [5, 5.41) is 2.98. The summed E-state index contributed by atoms with van der Waals surface area (Å²) in [4.78, 5) is 39.8. The van der Waals surface area contributed by atoms with Crippen molar-refractivity contribution >= 4 is 23.2 Å². The predicted octanol–water partition coefficient (Wildman–Crippen LogP) is 3.89. The lowest BCUT2D eigenvalue weighted by molar-refractivity contribution is 0.0860. The topological polar surface area (TPSA) is 121 Å². The van der Waals surface area contributed by atoms with Gasteiger partial charge in [0.15, 0.2) is 0 Å². The minimum Gasteiger partial charge on any atom is -0.497 e. The average Bonchev–Trinajstić information content (AvgIpc) is 3.22. The summed E-state index contributed by atoms with van der Waals surface area (Å²) in [5.74, 6) is 1.06. The Morgan fingerprint density at radius 1 is 1.05 bits per heavy atom. The lowest BCUT2D eigenvalue weighted by atomic mass is 9.96. The molecule has 2 aromatic carbocycles. The van der Waals surface area contributed by atoms with E-state index in [1.54, 1.807) is 17.7 Å². The first-order chi connectivity index (χ1) is 18.3. The number of imidazole rings is 1. The number of amides is 2. The molecule has 1 aliphatic heterocycles. The number of benzene rings is 2. The molecule has 0 saturated carbocycles. The highest BCUT2D eigenvalue weighted by Gasteiger charge is 2.24. The van der Waals surface area contributed by atoms with Crippen molar-refractivity contribution in [1.82, 2.24) is 19.4 Å². The van der Waals surface area contributed by atoms with Gasteiger partial charge in [0.25, 0.3) is 0 Å². The van der Waals surface area contributed by atoms with Gasteiger partial charge < -0.3 is 25.4 Å². The molecule has 2 heterocycles. The quantitative estimate of drug-likeness (QED) is 0.439. The number of aromatic nitrogens is 2. The summed E-state index contributed by atoms with van der Waals surface area (Å²) in [6, 6.07) is 14.4. The number of piperidine rings is 1. The van der Waals surface area contributed by atoms with Crippen LogP contribution in [0.1, 0.15) is 50.8 Å². The normalized spacial score (nSPS) is 15.5. The molecule has 1 aromatic heterocycles. The predicted molar refractivity (Wildman–Crippen MR) is 146 cm³/mol. The summed E-state index contributed by atoms with van der Waals surface area (Å²) < 4.78 is 13.5. The second-order valence-electron chi connectivity index (χ2n) is 10.0. The van der Waals surface area contributed by atoms with E-state index in [2.05, 4.69) is 10.2 Å². The molecule has 3 aromatic rings. The number of likely N-dealkylation sites (tertiary alicyclic amines) is 1. The molecule has 1 aliphatic rings. The number of para-hydroxylation sites is 2. The van der Waals surface area contributed by atoms with Crippen LogP contribution in [0.2, 0.25) is 0 Å². The number of hydrogen-bond acceptors (Lipinski definition) is 6. The minimum atomic E-state index is -0.795. The Bertz CT molecular complexity index is 1310. The number of nitrogens with zero attached hydrogens (tertiary/aromatic N) is 3. The van der Waals surface area contributed by atoms with Gasteiger partial charge >= 0.3 is 17.8 Å². The van der Waals surface area contributed by atoms with Gasteiger partial charge in [0.1, 0.15) is 11.9 Å². The van der Waals surface area contributed by atoms with Crippen LogP contribution >= 0.6 is 0 Å². The van der Waals surface area contributed by atoms with Crippen molar-refractivity contribution in [2.45, 2.75) is 45.3 Å². The van der Waals surface area contributed by atoms with E-state index in [9.17, 15) is 14.4 Å². The van der Waals surface area contributed by atoms with Gasteiger partial charge in [-0.05, 0) is 75.5 Å². The van der Waals surface area contributed by atoms with Crippen LogP contribution in [0.3, 0.4) is 0 Å². The number of nitrogens with one attached hydrogen (secondary N) is 1. The molecule has 0 aliphatic carbocycles. The number of rotatable bonds is 9. The monoisotopic (exact) mass is 523 g/mol. The molecule has 204 valence electrons. The van der Waals surface area contributed by atoms with E-state index in [-0.39, 0.29) is 17.8 Å². The zero-order valence-electron chi connectivity index (χ0n) is 22.3. The smallest absolute Gasteiger partial charge is 0.405 e. The van der Waals surface area contributed by atoms with Crippen LogP contribution in [-0.2, 0) is 4.74 Å². The fraction of sp³-hybridized carbons (Fsp3) is 0.464. The summed E-state index contributed by atoms with van der Waals surface area (Å²) >= 11 is 0. The van der Waals surface area contributed by atoms with E-state index in [0.717, 1.165) is 49.3 Å². The van der Waals surface area contributed by atoms with E-state index in [1.165, 1.54) is 4.57 Å². The van der Waals surface area contributed by atoms with Crippen LogP contribution in [-0.4, -0.2) is 59.4 Å². The van der Waals surface area contributed by atoms with Crippen molar-refractivity contribution in [2.75, 3.05) is 33.3 Å². The molecule has 1 unspecified atom stereocenters. The Hall–Kier alpha value is -3.79. The lowest BCUT2D eigenvalue weighted by Gasteiger charge is -2.32. The SMILES string of the molecule is COc1ccc(C(CCN2CCC(CNC(=O)n3c(=O)n(C(C)C)c4ccccc43)CC2)OC(N)=O)cc1. The Morgan fingerprint density at radius 2 is 1.71 bits per heavy atom. The van der Waals surface area contributed by atoms with Gasteiger partial charge in [-0.3, -0.25) is 4.57 Å². The zero-order valence-corrected chi connectivity index (χ0v) is 22.3. The second kappa shape index (κ2) is 12.2. The van der Waals surface area contributed by atoms with Gasteiger partial charge in [-0.2, -0.15) is 0 Å². The van der Waals surface area contributed by atoms with Gasteiger partial charge in [-0.15, -0.1) is 0 Å². The summed E-state index contributed by atoms with van der Waals surface area (Å²) in [6.07, 6.45) is 1.25. The first kappa shape index (κ1) is 27.3. The van der Waals surface area contributed by atoms with Crippen LogP contribution < -0.4 is 21.5 Å². The van der Waals surface area contributed by atoms with Gasteiger partial charge in [0.2, 0.25) is 0 Å². The fourth-order valence-corrected chi connectivity index (χ4v) is 5.14. The van der Waals surface area contributed by atoms with E-state index in [4.69, 9.17) is 15.2 Å². The molecule has 0 spiro atoms. The number of carbonyl (C=O) groups is 2. The minimum absolute atomic E-state index is 0.0523. The number of methoxy groups -OCH3 is 1. The number of nitrogens with two attached hydrogens (primary N) is 1. The van der Waals surface area contributed by atoms with Crippen molar-refractivity contribution in [3.05, 3.63) is 64.6 Å². The first-order valence-corrected chi connectivity index (χ1v) is 13.1. The maximum Gasteiger partial charge on any atom is 0.405 e. The molecule has 1 atom stereocenters. The van der Waals surface area contributed by atoms with E-state index >= 15 is 0 Å². The van der Waals surface area contributed by atoms with Crippen LogP contribution in [0, 0.1) is 5.92 Å². The van der Waals surface area contributed by atoms with Crippen LogP contribution in [0.25, 0.3) is 11.0 Å². The molecule has 2 amide bonds. The maximum absolute atomic E-state index is 13.0. The third kappa shape index (κ3) is 6.19. The van der Waals surface area contributed by atoms with Gasteiger partial charge in [0.05, 0.1) is 18.1 Å². The van der Waals surface area contributed by atoms with Crippen LogP contribution in [0.4, 0.5) is 9.59 Å². The van der Waals surface area contributed by atoms with Crippen LogP contribution in [0.5, 0.6) is 5.75 Å². The van der Waals surface area contributed by atoms with Crippen molar-refractivity contribution in [3.8, 4) is 5.75 Å². The highest BCUT2D eigenvalue weighted by atomic mass is 16.6. The summed E-state index contributed by atoms with van der Waals surface area (Å²) in [6.45, 7) is 6.89. The van der Waals surface area contributed by atoms with Crippen molar-refractivity contribution in [2.24, 2.45) is 11.7 Å². The van der Waals surface area contributed by atoms with Gasteiger partial charge in [0, 0.05) is 25.6 Å².